The Morgan fingerprint density at radius 3 is 2.36 bits per heavy atom. The topological polar surface area (TPSA) is 37.3 Å². The summed E-state index contributed by atoms with van der Waals surface area (Å²) in [7, 11) is 0. The van der Waals surface area contributed by atoms with E-state index in [4.69, 9.17) is 5.11 Å². The zero-order valence-electron chi connectivity index (χ0n) is 7.83. The fourth-order valence-electron chi connectivity index (χ4n) is 1.25. The Bertz CT molecular complexity index is 355. The first-order chi connectivity index (χ1) is 6.66. The van der Waals surface area contributed by atoms with Crippen molar-refractivity contribution in [3.8, 4) is 0 Å². The molecular weight excluding hydrogens is 183 g/mol. The Morgan fingerprint density at radius 2 is 1.93 bits per heavy atom. The molecule has 0 heterocycles. The number of benzene rings is 1. The number of aliphatic carboxylic acids is 1. The molecule has 0 spiro atoms. The van der Waals surface area contributed by atoms with Gasteiger partial charge >= 0.3 is 5.97 Å². The van der Waals surface area contributed by atoms with Gasteiger partial charge in [-0.3, -0.25) is 0 Å². The smallest absolute Gasteiger partial charge is 0.365 e. The maximum Gasteiger partial charge on any atom is 0.365 e. The Hall–Kier alpha value is -1.64. The lowest BCUT2D eigenvalue weighted by Gasteiger charge is -2.04. The van der Waals surface area contributed by atoms with Gasteiger partial charge < -0.3 is 5.11 Å². The molecule has 0 aliphatic heterocycles. The van der Waals surface area contributed by atoms with E-state index in [1.807, 2.05) is 0 Å². The molecule has 3 heteroatoms. The van der Waals surface area contributed by atoms with Crippen molar-refractivity contribution in [2.45, 2.75) is 13.3 Å². The Morgan fingerprint density at radius 1 is 1.36 bits per heavy atom. The molecule has 0 unspecified atom stereocenters. The predicted molar refractivity (Wildman–Crippen MR) is 52.4 cm³/mol. The van der Waals surface area contributed by atoms with Crippen LogP contribution < -0.4 is 0 Å². The van der Waals surface area contributed by atoms with E-state index >= 15 is 0 Å². The first-order valence-electron chi connectivity index (χ1n) is 4.34. The molecule has 0 saturated carbocycles. The fourth-order valence-corrected chi connectivity index (χ4v) is 1.25. The van der Waals surface area contributed by atoms with Crippen LogP contribution >= 0.6 is 0 Å². The van der Waals surface area contributed by atoms with E-state index in [-0.39, 0.29) is 5.57 Å². The highest BCUT2D eigenvalue weighted by atomic mass is 19.1. The quantitative estimate of drug-likeness (QED) is 0.751. The monoisotopic (exact) mass is 194 g/mol. The number of hydrogen-bond donors (Lipinski definition) is 1. The minimum atomic E-state index is -1.51. The normalized spacial score (nSPS) is 12.1. The highest BCUT2D eigenvalue weighted by Gasteiger charge is 2.13. The van der Waals surface area contributed by atoms with Gasteiger partial charge in [0, 0.05) is 5.57 Å². The third kappa shape index (κ3) is 2.19. The van der Waals surface area contributed by atoms with Crippen LogP contribution in [0, 0.1) is 0 Å². The summed E-state index contributed by atoms with van der Waals surface area (Å²) in [5.74, 6) is -2.58. The number of hydrogen-bond acceptors (Lipinski definition) is 1. The third-order valence-corrected chi connectivity index (χ3v) is 1.93. The van der Waals surface area contributed by atoms with E-state index in [1.54, 1.807) is 37.3 Å². The summed E-state index contributed by atoms with van der Waals surface area (Å²) in [4.78, 5) is 10.4. The molecule has 0 bridgehead atoms. The van der Waals surface area contributed by atoms with Crippen molar-refractivity contribution in [2.75, 3.05) is 0 Å². The lowest BCUT2D eigenvalue weighted by molar-refractivity contribution is -0.134. The third-order valence-electron chi connectivity index (χ3n) is 1.93. The van der Waals surface area contributed by atoms with Crippen LogP contribution in [0.2, 0.25) is 0 Å². The standard InChI is InChI=1S/C11H11FO2/c1-2-9(10(12)11(13)14)8-6-4-3-5-7-8/h3-7H,2H2,1H3,(H,13,14). The second-order valence-corrected chi connectivity index (χ2v) is 2.82. The van der Waals surface area contributed by atoms with Gasteiger partial charge in [-0.15, -0.1) is 0 Å². The molecule has 2 nitrogen and oxygen atoms in total. The second kappa shape index (κ2) is 4.56. The molecule has 14 heavy (non-hydrogen) atoms. The van der Waals surface area contributed by atoms with Gasteiger partial charge in [0.2, 0.25) is 5.83 Å². The van der Waals surface area contributed by atoms with Crippen molar-refractivity contribution in [2.24, 2.45) is 0 Å². The summed E-state index contributed by atoms with van der Waals surface area (Å²) >= 11 is 0. The molecule has 0 atom stereocenters. The average Bonchev–Trinajstić information content (AvgIpc) is 2.20. The van der Waals surface area contributed by atoms with Crippen molar-refractivity contribution in [3.63, 3.8) is 0 Å². The van der Waals surface area contributed by atoms with Crippen molar-refractivity contribution in [3.05, 3.63) is 41.7 Å². The van der Waals surface area contributed by atoms with Crippen LogP contribution in [0.3, 0.4) is 0 Å². The minimum Gasteiger partial charge on any atom is -0.476 e. The minimum absolute atomic E-state index is 0.234. The number of halogens is 1. The summed E-state index contributed by atoms with van der Waals surface area (Å²) in [6.45, 7) is 1.73. The number of allylic oxidation sites excluding steroid dienone is 1. The van der Waals surface area contributed by atoms with Crippen LogP contribution in [-0.2, 0) is 4.79 Å². The van der Waals surface area contributed by atoms with Gasteiger partial charge in [0.25, 0.3) is 0 Å². The van der Waals surface area contributed by atoms with Crippen molar-refractivity contribution in [1.29, 1.82) is 0 Å². The van der Waals surface area contributed by atoms with Gasteiger partial charge in [-0.1, -0.05) is 37.3 Å². The number of carboxylic acid groups (broad SMARTS) is 1. The molecule has 0 aliphatic carbocycles. The number of carboxylic acids is 1. The van der Waals surface area contributed by atoms with Crippen LogP contribution in [0.4, 0.5) is 4.39 Å². The van der Waals surface area contributed by atoms with Crippen LogP contribution in [0.25, 0.3) is 5.57 Å². The molecule has 0 aliphatic rings. The van der Waals surface area contributed by atoms with E-state index in [0.717, 1.165) is 0 Å². The molecule has 1 rings (SSSR count). The van der Waals surface area contributed by atoms with Crippen LogP contribution in [0.5, 0.6) is 0 Å². The Labute approximate surface area is 81.7 Å². The Kier molecular flexibility index (Phi) is 3.40. The summed E-state index contributed by atoms with van der Waals surface area (Å²) < 4.78 is 13.2. The molecule has 1 aromatic rings. The summed E-state index contributed by atoms with van der Waals surface area (Å²) in [6.07, 6.45) is 0.363. The molecular formula is C11H11FO2. The Balaban J connectivity index is 3.17. The first kappa shape index (κ1) is 10.4. The number of carbonyl (C=O) groups is 1. The van der Waals surface area contributed by atoms with Crippen LogP contribution in [-0.4, -0.2) is 11.1 Å². The van der Waals surface area contributed by atoms with E-state index < -0.39 is 11.8 Å². The summed E-state index contributed by atoms with van der Waals surface area (Å²) in [6, 6.07) is 8.69. The lowest BCUT2D eigenvalue weighted by Crippen LogP contribution is -1.99. The highest BCUT2D eigenvalue weighted by Crippen LogP contribution is 2.22. The van der Waals surface area contributed by atoms with Gasteiger partial charge in [0.15, 0.2) is 0 Å². The molecule has 74 valence electrons. The summed E-state index contributed by atoms with van der Waals surface area (Å²) in [5, 5.41) is 8.51. The van der Waals surface area contributed by atoms with E-state index in [1.165, 1.54) is 0 Å². The van der Waals surface area contributed by atoms with E-state index in [2.05, 4.69) is 0 Å². The zero-order valence-corrected chi connectivity index (χ0v) is 7.83. The number of rotatable bonds is 3. The molecule has 0 saturated heterocycles. The SMILES string of the molecule is CCC(=C(F)C(=O)O)c1ccccc1. The van der Waals surface area contributed by atoms with Gasteiger partial charge in [0.05, 0.1) is 0 Å². The lowest BCUT2D eigenvalue weighted by atomic mass is 10.0. The van der Waals surface area contributed by atoms with Crippen LogP contribution in [0.1, 0.15) is 18.9 Å². The highest BCUT2D eigenvalue weighted by molar-refractivity contribution is 5.93. The van der Waals surface area contributed by atoms with E-state index in [9.17, 15) is 9.18 Å². The van der Waals surface area contributed by atoms with Crippen molar-refractivity contribution >= 4 is 11.5 Å². The molecule has 0 amide bonds. The zero-order chi connectivity index (χ0) is 10.6. The predicted octanol–water partition coefficient (Wildman–Crippen LogP) is 2.86. The average molecular weight is 194 g/mol. The fraction of sp³-hybridized carbons (Fsp3) is 0.182. The molecule has 1 N–H and O–H groups in total. The maximum atomic E-state index is 13.2. The van der Waals surface area contributed by atoms with Gasteiger partial charge in [-0.05, 0) is 12.0 Å². The molecule has 0 aromatic heterocycles. The van der Waals surface area contributed by atoms with Crippen LogP contribution in [0.15, 0.2) is 36.2 Å². The van der Waals surface area contributed by atoms with Crippen molar-refractivity contribution in [1.82, 2.24) is 0 Å². The van der Waals surface area contributed by atoms with E-state index in [0.29, 0.717) is 12.0 Å². The van der Waals surface area contributed by atoms with Gasteiger partial charge in [0.1, 0.15) is 0 Å². The first-order valence-corrected chi connectivity index (χ1v) is 4.34. The largest absolute Gasteiger partial charge is 0.476 e. The van der Waals surface area contributed by atoms with Crippen molar-refractivity contribution < 1.29 is 14.3 Å². The van der Waals surface area contributed by atoms with Gasteiger partial charge in [-0.25, -0.2) is 4.79 Å². The molecule has 0 fully saturated rings. The van der Waals surface area contributed by atoms with Gasteiger partial charge in [-0.2, -0.15) is 4.39 Å². The summed E-state index contributed by atoms with van der Waals surface area (Å²) in [5.41, 5.74) is 0.855. The molecule has 1 aromatic carbocycles. The second-order valence-electron chi connectivity index (χ2n) is 2.82. The maximum absolute atomic E-state index is 13.2. The molecule has 0 radical (unpaired) electrons.